The van der Waals surface area contributed by atoms with Gasteiger partial charge < -0.3 is 11.1 Å². The molecule has 0 aliphatic carbocycles. The maximum Gasteiger partial charge on any atom is 0.251 e. The first kappa shape index (κ1) is 14.8. The van der Waals surface area contributed by atoms with E-state index in [1.807, 2.05) is 42.5 Å². The number of benzene rings is 3. The summed E-state index contributed by atoms with van der Waals surface area (Å²) in [7, 11) is 0. The predicted molar refractivity (Wildman–Crippen MR) is 90.1 cm³/mol. The Balaban J connectivity index is 1.78. The van der Waals surface area contributed by atoms with Crippen molar-refractivity contribution in [2.24, 2.45) is 5.73 Å². The van der Waals surface area contributed by atoms with Gasteiger partial charge in [-0.25, -0.2) is 0 Å². The molecule has 3 aromatic carbocycles. The second kappa shape index (κ2) is 6.32. The molecule has 0 spiro atoms. The van der Waals surface area contributed by atoms with E-state index in [2.05, 4.69) is 5.32 Å². The predicted octanol–water partition coefficient (Wildman–Crippen LogP) is 2.87. The zero-order chi connectivity index (χ0) is 16.2. The SMILES string of the molecule is NC(=O)c1cccc(C(=O)NCc2cccc3ccccc23)c1. The van der Waals surface area contributed by atoms with Crippen molar-refractivity contribution in [2.75, 3.05) is 0 Å². The molecule has 2 amide bonds. The standard InChI is InChI=1S/C19H16N2O2/c20-18(22)14-7-4-8-15(11-14)19(23)21-12-16-9-3-6-13-5-1-2-10-17(13)16/h1-11H,12H2,(H2,20,22)(H,21,23). The van der Waals surface area contributed by atoms with Crippen LogP contribution in [0.25, 0.3) is 10.8 Å². The molecular weight excluding hydrogens is 288 g/mol. The monoisotopic (exact) mass is 304 g/mol. The maximum absolute atomic E-state index is 12.3. The number of amides is 2. The lowest BCUT2D eigenvalue weighted by atomic mass is 10.0. The fraction of sp³-hybridized carbons (Fsp3) is 0.0526. The quantitative estimate of drug-likeness (QED) is 0.778. The summed E-state index contributed by atoms with van der Waals surface area (Å²) in [6.07, 6.45) is 0. The number of carbonyl (C=O) groups excluding carboxylic acids is 2. The zero-order valence-electron chi connectivity index (χ0n) is 12.5. The lowest BCUT2D eigenvalue weighted by Gasteiger charge is -2.09. The summed E-state index contributed by atoms with van der Waals surface area (Å²) in [5, 5.41) is 5.13. The molecule has 0 saturated heterocycles. The molecule has 3 aromatic rings. The first-order valence-corrected chi connectivity index (χ1v) is 7.30. The molecule has 0 unspecified atom stereocenters. The van der Waals surface area contributed by atoms with Crippen molar-refractivity contribution in [3.8, 4) is 0 Å². The van der Waals surface area contributed by atoms with Gasteiger partial charge in [-0.05, 0) is 34.5 Å². The number of primary amides is 1. The number of rotatable bonds is 4. The van der Waals surface area contributed by atoms with Crippen LogP contribution in [0.5, 0.6) is 0 Å². The first-order valence-electron chi connectivity index (χ1n) is 7.30. The average molecular weight is 304 g/mol. The molecule has 0 heterocycles. The van der Waals surface area contributed by atoms with Gasteiger partial charge in [0.1, 0.15) is 0 Å². The fourth-order valence-corrected chi connectivity index (χ4v) is 2.54. The highest BCUT2D eigenvalue weighted by Gasteiger charge is 2.09. The van der Waals surface area contributed by atoms with Gasteiger partial charge in [-0.1, -0.05) is 48.5 Å². The second-order valence-corrected chi connectivity index (χ2v) is 5.27. The van der Waals surface area contributed by atoms with Crippen molar-refractivity contribution in [3.63, 3.8) is 0 Å². The van der Waals surface area contributed by atoms with E-state index < -0.39 is 5.91 Å². The van der Waals surface area contributed by atoms with Crippen LogP contribution in [-0.2, 0) is 6.54 Å². The van der Waals surface area contributed by atoms with E-state index in [0.717, 1.165) is 16.3 Å². The van der Waals surface area contributed by atoms with Crippen LogP contribution in [0.3, 0.4) is 0 Å². The van der Waals surface area contributed by atoms with Crippen LogP contribution >= 0.6 is 0 Å². The molecule has 3 rings (SSSR count). The van der Waals surface area contributed by atoms with Crippen molar-refractivity contribution in [2.45, 2.75) is 6.54 Å². The summed E-state index contributed by atoms with van der Waals surface area (Å²) in [5.74, 6) is -0.783. The Hall–Kier alpha value is -3.14. The molecule has 23 heavy (non-hydrogen) atoms. The largest absolute Gasteiger partial charge is 0.366 e. The lowest BCUT2D eigenvalue weighted by molar-refractivity contribution is 0.0951. The third kappa shape index (κ3) is 3.21. The average Bonchev–Trinajstić information content (AvgIpc) is 2.59. The summed E-state index contributed by atoms with van der Waals surface area (Å²) in [6.45, 7) is 0.418. The zero-order valence-corrected chi connectivity index (χ0v) is 12.5. The molecule has 0 saturated carbocycles. The highest BCUT2D eigenvalue weighted by atomic mass is 16.2. The smallest absolute Gasteiger partial charge is 0.251 e. The number of hydrogen-bond donors (Lipinski definition) is 2. The van der Waals surface area contributed by atoms with Crippen LogP contribution < -0.4 is 11.1 Å². The molecule has 0 bridgehead atoms. The molecule has 3 N–H and O–H groups in total. The van der Waals surface area contributed by atoms with Crippen molar-refractivity contribution < 1.29 is 9.59 Å². The Labute approximate surface area is 133 Å². The Morgan fingerprint density at radius 1 is 0.870 bits per heavy atom. The number of nitrogens with one attached hydrogen (secondary N) is 1. The minimum Gasteiger partial charge on any atom is -0.366 e. The summed E-state index contributed by atoms with van der Waals surface area (Å²) in [6, 6.07) is 20.4. The fourth-order valence-electron chi connectivity index (χ4n) is 2.54. The number of carbonyl (C=O) groups is 2. The van der Waals surface area contributed by atoms with Gasteiger partial charge in [0.05, 0.1) is 0 Å². The van der Waals surface area contributed by atoms with E-state index in [1.54, 1.807) is 18.2 Å². The van der Waals surface area contributed by atoms with Crippen LogP contribution in [0.1, 0.15) is 26.3 Å². The van der Waals surface area contributed by atoms with E-state index in [-0.39, 0.29) is 5.91 Å². The molecule has 0 aliphatic heterocycles. The van der Waals surface area contributed by atoms with Crippen molar-refractivity contribution >= 4 is 22.6 Å². The molecule has 0 atom stereocenters. The van der Waals surface area contributed by atoms with E-state index in [1.165, 1.54) is 6.07 Å². The van der Waals surface area contributed by atoms with Gasteiger partial charge in [-0.3, -0.25) is 9.59 Å². The topological polar surface area (TPSA) is 72.2 Å². The minimum atomic E-state index is -0.547. The molecule has 0 radical (unpaired) electrons. The Morgan fingerprint density at radius 2 is 1.57 bits per heavy atom. The van der Waals surface area contributed by atoms with Crippen LogP contribution in [-0.4, -0.2) is 11.8 Å². The number of nitrogens with two attached hydrogens (primary N) is 1. The van der Waals surface area contributed by atoms with Gasteiger partial charge >= 0.3 is 0 Å². The summed E-state index contributed by atoms with van der Waals surface area (Å²) < 4.78 is 0. The first-order chi connectivity index (χ1) is 11.1. The van der Waals surface area contributed by atoms with Gasteiger partial charge in [-0.2, -0.15) is 0 Å². The molecule has 114 valence electrons. The van der Waals surface area contributed by atoms with Crippen molar-refractivity contribution in [3.05, 3.63) is 83.4 Å². The highest BCUT2D eigenvalue weighted by molar-refractivity contribution is 5.99. The van der Waals surface area contributed by atoms with Crippen LogP contribution in [0.15, 0.2) is 66.7 Å². The Kier molecular flexibility index (Phi) is 4.06. The van der Waals surface area contributed by atoms with Gasteiger partial charge in [0.15, 0.2) is 0 Å². The molecule has 0 fully saturated rings. The maximum atomic E-state index is 12.3. The lowest BCUT2D eigenvalue weighted by Crippen LogP contribution is -2.23. The number of fused-ring (bicyclic) bond motifs is 1. The number of hydrogen-bond acceptors (Lipinski definition) is 2. The van der Waals surface area contributed by atoms with Gasteiger partial charge in [0, 0.05) is 17.7 Å². The van der Waals surface area contributed by atoms with E-state index in [9.17, 15) is 9.59 Å². The molecule has 0 aliphatic rings. The van der Waals surface area contributed by atoms with E-state index in [4.69, 9.17) is 5.73 Å². The molecular formula is C19H16N2O2. The highest BCUT2D eigenvalue weighted by Crippen LogP contribution is 2.18. The van der Waals surface area contributed by atoms with Crippen molar-refractivity contribution in [1.29, 1.82) is 0 Å². The molecule has 4 nitrogen and oxygen atoms in total. The normalized spacial score (nSPS) is 10.4. The van der Waals surface area contributed by atoms with E-state index in [0.29, 0.717) is 17.7 Å². The minimum absolute atomic E-state index is 0.235. The van der Waals surface area contributed by atoms with Crippen LogP contribution in [0.2, 0.25) is 0 Å². The van der Waals surface area contributed by atoms with Gasteiger partial charge in [-0.15, -0.1) is 0 Å². The van der Waals surface area contributed by atoms with Crippen LogP contribution in [0.4, 0.5) is 0 Å². The third-order valence-corrected chi connectivity index (χ3v) is 3.73. The molecule has 0 aromatic heterocycles. The third-order valence-electron chi connectivity index (χ3n) is 3.73. The van der Waals surface area contributed by atoms with Crippen LogP contribution in [0, 0.1) is 0 Å². The summed E-state index contributed by atoms with van der Waals surface area (Å²) in [5.41, 5.74) is 7.02. The van der Waals surface area contributed by atoms with E-state index >= 15 is 0 Å². The summed E-state index contributed by atoms with van der Waals surface area (Å²) >= 11 is 0. The summed E-state index contributed by atoms with van der Waals surface area (Å²) in [4.78, 5) is 23.5. The van der Waals surface area contributed by atoms with Gasteiger partial charge in [0.2, 0.25) is 5.91 Å². The second-order valence-electron chi connectivity index (χ2n) is 5.27. The molecule has 4 heteroatoms. The van der Waals surface area contributed by atoms with Crippen molar-refractivity contribution in [1.82, 2.24) is 5.32 Å². The Bertz CT molecular complexity index is 882. The Morgan fingerprint density at radius 3 is 2.39 bits per heavy atom. The van der Waals surface area contributed by atoms with Gasteiger partial charge in [0.25, 0.3) is 5.91 Å².